The van der Waals surface area contributed by atoms with Crippen LogP contribution in [-0.2, 0) is 17.1 Å². The monoisotopic (exact) mass is 380 g/mol. The number of thioether (sulfide) groups is 1. The van der Waals surface area contributed by atoms with Gasteiger partial charge in [-0.1, -0.05) is 11.3 Å². The maximum absolute atomic E-state index is 12.5. The van der Waals surface area contributed by atoms with Crippen LogP contribution >= 0.6 is 23.1 Å². The summed E-state index contributed by atoms with van der Waals surface area (Å²) in [4.78, 5) is 1.72. The van der Waals surface area contributed by atoms with Crippen molar-refractivity contribution in [2.45, 2.75) is 9.79 Å². The molecule has 0 saturated heterocycles. The van der Waals surface area contributed by atoms with Crippen LogP contribution in [0.1, 0.15) is 0 Å². The fourth-order valence-electron chi connectivity index (χ4n) is 2.23. The van der Waals surface area contributed by atoms with E-state index in [0.29, 0.717) is 10.6 Å². The number of nitrogens with zero attached hydrogens (tertiary/aromatic N) is 2. The lowest BCUT2D eigenvalue weighted by atomic mass is 10.3. The molecule has 0 N–H and O–H groups in total. The Morgan fingerprint density at radius 3 is 2.50 bits per heavy atom. The minimum absolute atomic E-state index is 0.144. The molecule has 0 fully saturated rings. The quantitative estimate of drug-likeness (QED) is 0.652. The Bertz CT molecular complexity index is 1050. The highest BCUT2D eigenvalue weighted by Gasteiger charge is 2.14. The lowest BCUT2D eigenvalue weighted by Crippen LogP contribution is -2.13. The summed E-state index contributed by atoms with van der Waals surface area (Å²) in [5.74, 6) is 0.603. The summed E-state index contributed by atoms with van der Waals surface area (Å²) < 4.78 is 36.9. The van der Waals surface area contributed by atoms with Crippen molar-refractivity contribution in [2.24, 2.45) is 11.4 Å². The van der Waals surface area contributed by atoms with E-state index < -0.39 is 10.0 Å². The largest absolute Gasteiger partial charge is 0.497 e. The van der Waals surface area contributed by atoms with Crippen molar-refractivity contribution < 1.29 is 13.2 Å². The summed E-state index contributed by atoms with van der Waals surface area (Å²) in [6.07, 6.45) is 2.01. The lowest BCUT2D eigenvalue weighted by molar-refractivity contribution is 0.414. The molecule has 2 aromatic carbocycles. The molecule has 5 nitrogen and oxygen atoms in total. The molecule has 0 radical (unpaired) electrons. The maximum Gasteiger partial charge on any atom is 0.285 e. The summed E-state index contributed by atoms with van der Waals surface area (Å²) >= 11 is 3.01. The molecule has 0 bridgehead atoms. The summed E-state index contributed by atoms with van der Waals surface area (Å²) in [6, 6.07) is 12.3. The van der Waals surface area contributed by atoms with E-state index in [-0.39, 0.29) is 4.90 Å². The molecule has 0 atom stereocenters. The number of thiazole rings is 1. The first-order valence-corrected chi connectivity index (χ1v) is 10.5. The molecule has 0 aliphatic heterocycles. The van der Waals surface area contributed by atoms with Crippen LogP contribution < -0.4 is 9.54 Å². The Morgan fingerprint density at radius 2 is 1.88 bits per heavy atom. The number of aryl methyl sites for hydroxylation is 1. The van der Waals surface area contributed by atoms with Gasteiger partial charge in [0.15, 0.2) is 0 Å². The highest BCUT2D eigenvalue weighted by atomic mass is 32.2. The molecule has 0 unspecified atom stereocenters. The van der Waals surface area contributed by atoms with Crippen molar-refractivity contribution in [3.05, 3.63) is 47.3 Å². The average Bonchev–Trinajstić information content (AvgIpc) is 2.89. The van der Waals surface area contributed by atoms with E-state index in [0.717, 1.165) is 15.1 Å². The van der Waals surface area contributed by atoms with Crippen LogP contribution in [0.5, 0.6) is 5.75 Å². The minimum atomic E-state index is -3.77. The number of methoxy groups -OCH3 is 1. The predicted octanol–water partition coefficient (Wildman–Crippen LogP) is 3.26. The molecule has 0 saturated carbocycles. The van der Waals surface area contributed by atoms with Crippen molar-refractivity contribution >= 4 is 43.3 Å². The molecule has 24 heavy (non-hydrogen) atoms. The molecule has 3 rings (SSSR count). The Morgan fingerprint density at radius 1 is 1.17 bits per heavy atom. The van der Waals surface area contributed by atoms with Gasteiger partial charge in [-0.2, -0.15) is 8.42 Å². The third-order valence-corrected chi connectivity index (χ3v) is 6.79. The van der Waals surface area contributed by atoms with E-state index in [9.17, 15) is 8.42 Å². The van der Waals surface area contributed by atoms with Crippen LogP contribution in [0.15, 0.2) is 56.7 Å². The van der Waals surface area contributed by atoms with Crippen molar-refractivity contribution in [3.8, 4) is 5.75 Å². The van der Waals surface area contributed by atoms with Crippen molar-refractivity contribution in [1.29, 1.82) is 0 Å². The van der Waals surface area contributed by atoms with E-state index in [1.165, 1.54) is 30.6 Å². The number of ether oxygens (including phenoxy) is 1. The second-order valence-electron chi connectivity index (χ2n) is 5.02. The smallest absolute Gasteiger partial charge is 0.285 e. The number of rotatable bonds is 4. The summed E-state index contributed by atoms with van der Waals surface area (Å²) in [5.41, 5.74) is 0.960. The van der Waals surface area contributed by atoms with Crippen LogP contribution in [0.25, 0.3) is 10.2 Å². The van der Waals surface area contributed by atoms with Gasteiger partial charge in [0.2, 0.25) is 4.80 Å². The summed E-state index contributed by atoms with van der Waals surface area (Å²) in [5, 5.41) is 0. The zero-order valence-electron chi connectivity index (χ0n) is 13.4. The van der Waals surface area contributed by atoms with Crippen molar-refractivity contribution in [1.82, 2.24) is 4.57 Å². The number of benzene rings is 2. The van der Waals surface area contributed by atoms with Gasteiger partial charge in [0, 0.05) is 11.9 Å². The predicted molar refractivity (Wildman–Crippen MR) is 98.3 cm³/mol. The first-order valence-electron chi connectivity index (χ1n) is 7.03. The molecule has 8 heteroatoms. The molecule has 0 spiro atoms. The summed E-state index contributed by atoms with van der Waals surface area (Å²) in [6.45, 7) is 0. The molecule has 1 aromatic heterocycles. The molecular weight excluding hydrogens is 364 g/mol. The number of fused-ring (bicyclic) bond motifs is 1. The normalized spacial score (nSPS) is 12.7. The van der Waals surface area contributed by atoms with Crippen LogP contribution in [-0.4, -0.2) is 26.4 Å². The van der Waals surface area contributed by atoms with Gasteiger partial charge in [0.1, 0.15) is 5.75 Å². The van der Waals surface area contributed by atoms with Gasteiger partial charge in [-0.25, -0.2) is 0 Å². The zero-order valence-corrected chi connectivity index (χ0v) is 15.8. The highest BCUT2D eigenvalue weighted by molar-refractivity contribution is 7.98. The topological polar surface area (TPSA) is 60.7 Å². The van der Waals surface area contributed by atoms with Gasteiger partial charge in [0.05, 0.1) is 22.2 Å². The van der Waals surface area contributed by atoms with Gasteiger partial charge in [-0.3, -0.25) is 0 Å². The Labute approximate surface area is 148 Å². The standard InChI is InChI=1S/C16H16N2O3S3/c1-18-14-9-6-12(22-3)10-15(14)23-16(18)17-24(19,20)13-7-4-11(21-2)5-8-13/h4-10H,1-3H3/b17-16-. The number of hydrogen-bond acceptors (Lipinski definition) is 5. The first-order chi connectivity index (χ1) is 11.4. The van der Waals surface area contributed by atoms with Gasteiger partial charge in [-0.15, -0.1) is 16.2 Å². The fourth-order valence-corrected chi connectivity index (χ4v) is 5.03. The SMILES string of the molecule is COc1ccc(S(=O)(=O)/N=c2\sc3cc(SC)ccc3n2C)cc1. The van der Waals surface area contributed by atoms with Crippen LogP contribution in [0.2, 0.25) is 0 Å². The van der Waals surface area contributed by atoms with E-state index in [1.54, 1.807) is 28.5 Å². The molecule has 126 valence electrons. The second kappa shape index (κ2) is 6.62. The minimum Gasteiger partial charge on any atom is -0.497 e. The van der Waals surface area contributed by atoms with Gasteiger partial charge in [-0.05, 0) is 48.7 Å². The number of sulfonamides is 1. The molecule has 0 aliphatic carbocycles. The lowest BCUT2D eigenvalue weighted by Gasteiger charge is -2.01. The molecule has 1 heterocycles. The van der Waals surface area contributed by atoms with Crippen LogP contribution in [0.3, 0.4) is 0 Å². The van der Waals surface area contributed by atoms with Crippen LogP contribution in [0.4, 0.5) is 0 Å². The summed E-state index contributed by atoms with van der Waals surface area (Å²) in [7, 11) is -0.415. The molecular formula is C16H16N2O3S3. The van der Waals surface area contributed by atoms with Crippen molar-refractivity contribution in [2.75, 3.05) is 13.4 Å². The van der Waals surface area contributed by atoms with Gasteiger partial charge < -0.3 is 9.30 Å². The Kier molecular flexibility index (Phi) is 4.71. The van der Waals surface area contributed by atoms with E-state index in [4.69, 9.17) is 4.74 Å². The van der Waals surface area contributed by atoms with Crippen molar-refractivity contribution in [3.63, 3.8) is 0 Å². The molecule has 3 aromatic rings. The van der Waals surface area contributed by atoms with Gasteiger partial charge >= 0.3 is 0 Å². The number of hydrogen-bond donors (Lipinski definition) is 0. The molecule has 0 aliphatic rings. The molecule has 0 amide bonds. The Hall–Kier alpha value is -1.77. The Balaban J connectivity index is 2.12. The second-order valence-corrected chi connectivity index (χ2v) is 8.51. The van der Waals surface area contributed by atoms with E-state index in [2.05, 4.69) is 4.40 Å². The van der Waals surface area contributed by atoms with Crippen LogP contribution in [0, 0.1) is 0 Å². The average molecular weight is 381 g/mol. The van der Waals surface area contributed by atoms with E-state index >= 15 is 0 Å². The third-order valence-electron chi connectivity index (χ3n) is 3.57. The first kappa shape index (κ1) is 17.1. The van der Waals surface area contributed by atoms with Gasteiger partial charge in [0.25, 0.3) is 10.0 Å². The fraction of sp³-hybridized carbons (Fsp3) is 0.188. The maximum atomic E-state index is 12.5. The number of aromatic nitrogens is 1. The highest BCUT2D eigenvalue weighted by Crippen LogP contribution is 2.24. The zero-order chi connectivity index (χ0) is 17.3. The third kappa shape index (κ3) is 3.22. The van der Waals surface area contributed by atoms with E-state index in [1.807, 2.05) is 31.5 Å².